The number of sulfonamides is 1. The topological polar surface area (TPSA) is 71.8 Å². The average molecular weight is 302 g/mol. The van der Waals surface area contributed by atoms with Crippen molar-refractivity contribution in [3.05, 3.63) is 17.9 Å². The molecule has 1 fully saturated rings. The van der Waals surface area contributed by atoms with Gasteiger partial charge in [-0.05, 0) is 31.9 Å². The maximum atomic E-state index is 11.9. The van der Waals surface area contributed by atoms with E-state index in [9.17, 15) is 8.42 Å². The maximum Gasteiger partial charge on any atom is 0.275 e. The van der Waals surface area contributed by atoms with Gasteiger partial charge in [0.15, 0.2) is 0 Å². The number of hydrogen-bond donors (Lipinski definition) is 1. The molecule has 1 atom stereocenters. The third-order valence-electron chi connectivity index (χ3n) is 3.50. The van der Waals surface area contributed by atoms with Crippen molar-refractivity contribution < 1.29 is 17.6 Å². The number of ether oxygens (including phenoxy) is 1. The quantitative estimate of drug-likeness (QED) is 0.884. The zero-order valence-electron chi connectivity index (χ0n) is 12.2. The Bertz CT molecular complexity index is 544. The van der Waals surface area contributed by atoms with Crippen LogP contribution < -0.4 is 5.32 Å². The second kappa shape index (κ2) is 5.85. The Hall–Kier alpha value is -0.890. The minimum Gasteiger partial charge on any atom is -0.447 e. The smallest absolute Gasteiger partial charge is 0.275 e. The van der Waals surface area contributed by atoms with Gasteiger partial charge in [-0.1, -0.05) is 0 Å². The number of furan rings is 1. The third-order valence-corrected chi connectivity index (χ3v) is 5.19. The van der Waals surface area contributed by atoms with E-state index in [0.717, 1.165) is 23.8 Å². The second-order valence-electron chi connectivity index (χ2n) is 5.58. The van der Waals surface area contributed by atoms with Gasteiger partial charge in [0.25, 0.3) is 10.0 Å². The molecule has 0 aromatic carbocycles. The van der Waals surface area contributed by atoms with Crippen LogP contribution in [-0.4, -0.2) is 45.6 Å². The highest BCUT2D eigenvalue weighted by Gasteiger charge is 2.27. The van der Waals surface area contributed by atoms with Crippen LogP contribution in [0.4, 0.5) is 0 Å². The first-order valence-corrected chi connectivity index (χ1v) is 8.12. The average Bonchev–Trinajstić information content (AvgIpc) is 2.87. The molecular weight excluding hydrogens is 280 g/mol. The van der Waals surface area contributed by atoms with Crippen LogP contribution in [0.25, 0.3) is 0 Å². The highest BCUT2D eigenvalue weighted by molar-refractivity contribution is 7.88. The normalized spacial score (nSPS) is 24.2. The lowest BCUT2D eigenvalue weighted by atomic mass is 9.95. The van der Waals surface area contributed by atoms with Gasteiger partial charge in [0.05, 0.1) is 13.2 Å². The van der Waals surface area contributed by atoms with Gasteiger partial charge in [-0.3, -0.25) is 0 Å². The van der Waals surface area contributed by atoms with Gasteiger partial charge in [-0.15, -0.1) is 0 Å². The molecule has 1 saturated heterocycles. The molecule has 1 aliphatic rings. The van der Waals surface area contributed by atoms with E-state index >= 15 is 0 Å². The van der Waals surface area contributed by atoms with Gasteiger partial charge >= 0.3 is 0 Å². The number of hydrogen-bond acceptors (Lipinski definition) is 5. The molecule has 20 heavy (non-hydrogen) atoms. The predicted octanol–water partition coefficient (Wildman–Crippen LogP) is 1.19. The molecule has 0 spiro atoms. The molecule has 2 rings (SSSR count). The van der Waals surface area contributed by atoms with Gasteiger partial charge in [-0.25, -0.2) is 12.7 Å². The summed E-state index contributed by atoms with van der Waals surface area (Å²) >= 11 is 0. The minimum absolute atomic E-state index is 0.0238. The molecule has 0 amide bonds. The first kappa shape index (κ1) is 15.5. The van der Waals surface area contributed by atoms with Crippen LogP contribution in [-0.2, 0) is 21.3 Å². The van der Waals surface area contributed by atoms with E-state index in [1.807, 2.05) is 0 Å². The highest BCUT2D eigenvalue weighted by atomic mass is 32.2. The monoisotopic (exact) mass is 302 g/mol. The molecule has 0 bridgehead atoms. The van der Waals surface area contributed by atoms with Gasteiger partial charge in [0.1, 0.15) is 5.76 Å². The Labute approximate surface area is 120 Å². The fourth-order valence-corrected chi connectivity index (χ4v) is 2.96. The van der Waals surface area contributed by atoms with E-state index in [1.165, 1.54) is 20.2 Å². The molecule has 0 radical (unpaired) electrons. The number of nitrogens with zero attached hydrogens (tertiary/aromatic N) is 1. The SMILES string of the molecule is CN(C)S(=O)(=O)c1ccc(CNC2(C)CCCOC2)o1. The maximum absolute atomic E-state index is 11.9. The van der Waals surface area contributed by atoms with Gasteiger partial charge < -0.3 is 14.5 Å². The summed E-state index contributed by atoms with van der Waals surface area (Å²) in [7, 11) is -0.536. The molecule has 114 valence electrons. The molecule has 1 aliphatic heterocycles. The van der Waals surface area contributed by atoms with Crippen molar-refractivity contribution >= 4 is 10.0 Å². The van der Waals surface area contributed by atoms with Crippen LogP contribution in [0.3, 0.4) is 0 Å². The Morgan fingerprint density at radius 1 is 1.40 bits per heavy atom. The van der Waals surface area contributed by atoms with Crippen molar-refractivity contribution in [2.45, 2.75) is 36.9 Å². The first-order valence-electron chi connectivity index (χ1n) is 6.67. The fourth-order valence-electron chi connectivity index (χ4n) is 2.15. The summed E-state index contributed by atoms with van der Waals surface area (Å²) in [6.07, 6.45) is 2.07. The molecule has 1 aromatic heterocycles. The first-order chi connectivity index (χ1) is 9.33. The van der Waals surface area contributed by atoms with Crippen molar-refractivity contribution in [2.75, 3.05) is 27.3 Å². The molecule has 1 unspecified atom stereocenters. The summed E-state index contributed by atoms with van der Waals surface area (Å²) in [5.41, 5.74) is -0.0778. The highest BCUT2D eigenvalue weighted by Crippen LogP contribution is 2.21. The zero-order valence-corrected chi connectivity index (χ0v) is 13.0. The van der Waals surface area contributed by atoms with Crippen LogP contribution in [0, 0.1) is 0 Å². The fraction of sp³-hybridized carbons (Fsp3) is 0.692. The van der Waals surface area contributed by atoms with Crippen molar-refractivity contribution in [3.63, 3.8) is 0 Å². The molecular formula is C13H22N2O4S. The molecule has 1 aromatic rings. The lowest BCUT2D eigenvalue weighted by molar-refractivity contribution is 0.0269. The Balaban J connectivity index is 2.00. The molecule has 7 heteroatoms. The summed E-state index contributed by atoms with van der Waals surface area (Å²) in [5, 5.41) is 3.36. The van der Waals surface area contributed by atoms with Crippen LogP contribution in [0.1, 0.15) is 25.5 Å². The van der Waals surface area contributed by atoms with E-state index in [0.29, 0.717) is 18.9 Å². The van der Waals surface area contributed by atoms with E-state index in [1.54, 1.807) is 6.07 Å². The Kier molecular flexibility index (Phi) is 4.53. The van der Waals surface area contributed by atoms with E-state index < -0.39 is 10.0 Å². The second-order valence-corrected chi connectivity index (χ2v) is 7.66. The van der Waals surface area contributed by atoms with Crippen molar-refractivity contribution in [2.24, 2.45) is 0 Å². The summed E-state index contributed by atoms with van der Waals surface area (Å²) in [5.74, 6) is 0.609. The largest absolute Gasteiger partial charge is 0.447 e. The van der Waals surface area contributed by atoms with Crippen LogP contribution in [0.5, 0.6) is 0 Å². The van der Waals surface area contributed by atoms with Crippen molar-refractivity contribution in [3.8, 4) is 0 Å². The van der Waals surface area contributed by atoms with E-state index in [-0.39, 0.29) is 10.6 Å². The van der Waals surface area contributed by atoms with Gasteiger partial charge in [-0.2, -0.15) is 0 Å². The number of rotatable bonds is 5. The molecule has 0 aliphatic carbocycles. The van der Waals surface area contributed by atoms with Gasteiger partial charge in [0, 0.05) is 26.2 Å². The summed E-state index contributed by atoms with van der Waals surface area (Å²) in [6.45, 7) is 4.06. The predicted molar refractivity (Wildman–Crippen MR) is 74.9 cm³/mol. The summed E-state index contributed by atoms with van der Waals surface area (Å²) < 4.78 is 35.8. The minimum atomic E-state index is -3.50. The van der Waals surface area contributed by atoms with Gasteiger partial charge in [0.2, 0.25) is 5.09 Å². The van der Waals surface area contributed by atoms with Crippen molar-refractivity contribution in [1.29, 1.82) is 0 Å². The van der Waals surface area contributed by atoms with Crippen LogP contribution in [0.2, 0.25) is 0 Å². The third kappa shape index (κ3) is 3.41. The molecule has 0 saturated carbocycles. The standard InChI is InChI=1S/C13H22N2O4S/c1-13(7-4-8-18-10-13)14-9-11-5-6-12(19-11)20(16,17)15(2)3/h5-6,14H,4,7-10H2,1-3H3. The molecule has 2 heterocycles. The summed E-state index contributed by atoms with van der Waals surface area (Å²) in [6, 6.07) is 3.18. The molecule has 1 N–H and O–H groups in total. The van der Waals surface area contributed by atoms with Crippen molar-refractivity contribution in [1.82, 2.24) is 9.62 Å². The zero-order chi connectivity index (χ0) is 14.8. The van der Waals surface area contributed by atoms with E-state index in [4.69, 9.17) is 9.15 Å². The number of nitrogens with one attached hydrogen (secondary N) is 1. The molecule has 6 nitrogen and oxygen atoms in total. The lowest BCUT2D eigenvalue weighted by Crippen LogP contribution is -2.48. The Morgan fingerprint density at radius 3 is 2.75 bits per heavy atom. The summed E-state index contributed by atoms with van der Waals surface area (Å²) in [4.78, 5) is 0. The Morgan fingerprint density at radius 2 is 2.15 bits per heavy atom. The lowest BCUT2D eigenvalue weighted by Gasteiger charge is -2.34. The van der Waals surface area contributed by atoms with E-state index in [2.05, 4.69) is 12.2 Å². The van der Waals surface area contributed by atoms with Crippen LogP contribution >= 0.6 is 0 Å². The van der Waals surface area contributed by atoms with Crippen LogP contribution in [0.15, 0.2) is 21.6 Å².